The molecule has 0 bridgehead atoms. The van der Waals surface area contributed by atoms with Gasteiger partial charge in [0, 0.05) is 18.6 Å². The van der Waals surface area contributed by atoms with Crippen LogP contribution in [0.3, 0.4) is 0 Å². The number of likely N-dealkylation sites (N-methyl/N-ethyl adjacent to an activating group) is 1. The highest BCUT2D eigenvalue weighted by Crippen LogP contribution is 2.19. The predicted octanol–water partition coefficient (Wildman–Crippen LogP) is 1.15. The summed E-state index contributed by atoms with van der Waals surface area (Å²) < 4.78 is 0. The molecular formula is C15H33N3O. The molecule has 0 spiro atoms. The molecule has 1 unspecified atom stereocenters. The van der Waals surface area contributed by atoms with Crippen LogP contribution >= 0.6 is 0 Å². The Labute approximate surface area is 119 Å². The molecule has 0 aromatic rings. The van der Waals surface area contributed by atoms with E-state index in [2.05, 4.69) is 35.9 Å². The van der Waals surface area contributed by atoms with E-state index in [1.54, 1.807) is 0 Å². The Morgan fingerprint density at radius 1 is 1.05 bits per heavy atom. The summed E-state index contributed by atoms with van der Waals surface area (Å²) in [5.74, 6) is 0. The molecule has 1 aliphatic carbocycles. The first-order valence-electron chi connectivity index (χ1n) is 8.05. The second-order valence-electron chi connectivity index (χ2n) is 5.59. The molecule has 1 rings (SSSR count). The number of nitrogens with zero attached hydrogens (tertiary/aromatic N) is 2. The van der Waals surface area contributed by atoms with Gasteiger partial charge in [-0.25, -0.2) is 0 Å². The van der Waals surface area contributed by atoms with Gasteiger partial charge in [-0.3, -0.25) is 0 Å². The molecule has 19 heavy (non-hydrogen) atoms. The minimum Gasteiger partial charge on any atom is -0.395 e. The third-order valence-corrected chi connectivity index (χ3v) is 4.04. The van der Waals surface area contributed by atoms with Gasteiger partial charge in [0.2, 0.25) is 0 Å². The van der Waals surface area contributed by atoms with Crippen molar-refractivity contribution in [1.82, 2.24) is 15.1 Å². The molecule has 0 saturated heterocycles. The summed E-state index contributed by atoms with van der Waals surface area (Å²) in [4.78, 5) is 4.93. The molecule has 1 fully saturated rings. The number of aliphatic hydroxyl groups is 1. The lowest BCUT2D eigenvalue weighted by Crippen LogP contribution is -2.45. The normalized spacial score (nSPS) is 17.4. The van der Waals surface area contributed by atoms with E-state index in [0.29, 0.717) is 6.04 Å². The standard InChI is InChI=1S/C15H33N3O/c1-4-17(5-2)10-7-11-18(6-3)12-15(13-19)16-14-8-9-14/h14-16,19H,4-13H2,1-3H3. The van der Waals surface area contributed by atoms with Crippen molar-refractivity contribution in [1.29, 1.82) is 0 Å². The van der Waals surface area contributed by atoms with E-state index in [-0.39, 0.29) is 12.6 Å². The number of hydrogen-bond donors (Lipinski definition) is 2. The maximum atomic E-state index is 9.44. The first kappa shape index (κ1) is 16.9. The van der Waals surface area contributed by atoms with Gasteiger partial charge in [0.25, 0.3) is 0 Å². The van der Waals surface area contributed by atoms with E-state index in [9.17, 15) is 5.11 Å². The van der Waals surface area contributed by atoms with Crippen LogP contribution in [0.5, 0.6) is 0 Å². The molecule has 114 valence electrons. The van der Waals surface area contributed by atoms with Crippen molar-refractivity contribution in [3.05, 3.63) is 0 Å². The maximum absolute atomic E-state index is 9.44. The zero-order valence-electron chi connectivity index (χ0n) is 13.1. The molecule has 1 aliphatic rings. The molecule has 1 saturated carbocycles. The van der Waals surface area contributed by atoms with Gasteiger partial charge in [0.15, 0.2) is 0 Å². The summed E-state index contributed by atoms with van der Waals surface area (Å²) in [5, 5.41) is 13.0. The molecule has 4 heteroatoms. The Bertz CT molecular complexity index is 217. The van der Waals surface area contributed by atoms with E-state index in [1.165, 1.54) is 25.8 Å². The molecule has 0 aromatic heterocycles. The van der Waals surface area contributed by atoms with Crippen LogP contribution in [0.15, 0.2) is 0 Å². The molecule has 0 radical (unpaired) electrons. The summed E-state index contributed by atoms with van der Waals surface area (Å²) >= 11 is 0. The largest absolute Gasteiger partial charge is 0.395 e. The highest BCUT2D eigenvalue weighted by Gasteiger charge is 2.24. The predicted molar refractivity (Wildman–Crippen MR) is 81.6 cm³/mol. The van der Waals surface area contributed by atoms with Crippen LogP contribution < -0.4 is 5.32 Å². The van der Waals surface area contributed by atoms with Gasteiger partial charge in [0.1, 0.15) is 0 Å². The van der Waals surface area contributed by atoms with Gasteiger partial charge in [-0.05, 0) is 52.0 Å². The molecule has 4 nitrogen and oxygen atoms in total. The van der Waals surface area contributed by atoms with Crippen LogP contribution in [0, 0.1) is 0 Å². The first-order chi connectivity index (χ1) is 9.23. The van der Waals surface area contributed by atoms with Crippen molar-refractivity contribution in [2.45, 2.75) is 52.1 Å². The van der Waals surface area contributed by atoms with Crippen molar-refractivity contribution >= 4 is 0 Å². The summed E-state index contributed by atoms with van der Waals surface area (Å²) in [6.45, 7) is 13.6. The Hall–Kier alpha value is -0.160. The number of hydrogen-bond acceptors (Lipinski definition) is 4. The molecule has 0 aliphatic heterocycles. The van der Waals surface area contributed by atoms with Gasteiger partial charge in [-0.1, -0.05) is 20.8 Å². The van der Waals surface area contributed by atoms with Gasteiger partial charge < -0.3 is 20.2 Å². The maximum Gasteiger partial charge on any atom is 0.0597 e. The smallest absolute Gasteiger partial charge is 0.0597 e. The topological polar surface area (TPSA) is 38.7 Å². The fourth-order valence-electron chi connectivity index (χ4n) is 2.49. The second kappa shape index (κ2) is 9.70. The molecule has 2 N–H and O–H groups in total. The fourth-order valence-corrected chi connectivity index (χ4v) is 2.49. The Kier molecular flexibility index (Phi) is 8.62. The average molecular weight is 271 g/mol. The highest BCUT2D eigenvalue weighted by atomic mass is 16.3. The quantitative estimate of drug-likeness (QED) is 0.558. The summed E-state index contributed by atoms with van der Waals surface area (Å²) in [6.07, 6.45) is 3.78. The van der Waals surface area contributed by atoms with Crippen molar-refractivity contribution < 1.29 is 5.11 Å². The van der Waals surface area contributed by atoms with Crippen molar-refractivity contribution in [3.8, 4) is 0 Å². The fraction of sp³-hybridized carbons (Fsp3) is 1.00. The SMILES string of the molecule is CCN(CC)CCCN(CC)CC(CO)NC1CC1. The third kappa shape index (κ3) is 7.25. The Balaban J connectivity index is 2.19. The van der Waals surface area contributed by atoms with Crippen LogP contribution in [0.1, 0.15) is 40.0 Å². The lowest BCUT2D eigenvalue weighted by molar-refractivity contribution is 0.177. The van der Waals surface area contributed by atoms with E-state index in [4.69, 9.17) is 0 Å². The Morgan fingerprint density at radius 3 is 2.11 bits per heavy atom. The summed E-state index contributed by atoms with van der Waals surface area (Å²) in [7, 11) is 0. The van der Waals surface area contributed by atoms with E-state index in [1.807, 2.05) is 0 Å². The van der Waals surface area contributed by atoms with Crippen molar-refractivity contribution in [3.63, 3.8) is 0 Å². The van der Waals surface area contributed by atoms with Gasteiger partial charge in [-0.15, -0.1) is 0 Å². The van der Waals surface area contributed by atoms with Gasteiger partial charge in [-0.2, -0.15) is 0 Å². The minimum absolute atomic E-state index is 0.251. The minimum atomic E-state index is 0.251. The van der Waals surface area contributed by atoms with Crippen LogP contribution in [0.2, 0.25) is 0 Å². The molecular weight excluding hydrogens is 238 g/mol. The highest BCUT2D eigenvalue weighted by molar-refractivity contribution is 4.85. The van der Waals surface area contributed by atoms with Crippen LogP contribution in [-0.4, -0.2) is 72.9 Å². The average Bonchev–Trinajstić information content (AvgIpc) is 3.25. The van der Waals surface area contributed by atoms with Crippen molar-refractivity contribution in [2.24, 2.45) is 0 Å². The lowest BCUT2D eigenvalue weighted by Gasteiger charge is -2.27. The molecule has 0 amide bonds. The number of rotatable bonds is 12. The summed E-state index contributed by atoms with van der Waals surface area (Å²) in [5.41, 5.74) is 0. The second-order valence-corrected chi connectivity index (χ2v) is 5.59. The third-order valence-electron chi connectivity index (χ3n) is 4.04. The number of nitrogens with one attached hydrogen (secondary N) is 1. The van der Waals surface area contributed by atoms with E-state index >= 15 is 0 Å². The Morgan fingerprint density at radius 2 is 1.63 bits per heavy atom. The molecule has 0 heterocycles. The van der Waals surface area contributed by atoms with Crippen LogP contribution in [0.25, 0.3) is 0 Å². The number of aliphatic hydroxyl groups excluding tert-OH is 1. The zero-order valence-corrected chi connectivity index (χ0v) is 13.1. The van der Waals surface area contributed by atoms with Crippen LogP contribution in [0.4, 0.5) is 0 Å². The zero-order chi connectivity index (χ0) is 14.1. The monoisotopic (exact) mass is 271 g/mol. The summed E-state index contributed by atoms with van der Waals surface area (Å²) in [6, 6.07) is 0.924. The molecule has 0 aromatic carbocycles. The van der Waals surface area contributed by atoms with Crippen LogP contribution in [-0.2, 0) is 0 Å². The van der Waals surface area contributed by atoms with Gasteiger partial charge in [0.05, 0.1) is 6.61 Å². The lowest BCUT2D eigenvalue weighted by atomic mass is 10.2. The van der Waals surface area contributed by atoms with Crippen molar-refractivity contribution in [2.75, 3.05) is 45.9 Å². The van der Waals surface area contributed by atoms with E-state index < -0.39 is 0 Å². The van der Waals surface area contributed by atoms with E-state index in [0.717, 1.165) is 32.7 Å². The first-order valence-corrected chi connectivity index (χ1v) is 8.05. The molecule has 1 atom stereocenters. The van der Waals surface area contributed by atoms with Gasteiger partial charge >= 0.3 is 0 Å².